The molecule has 5 nitrogen and oxygen atoms in total. The summed E-state index contributed by atoms with van der Waals surface area (Å²) in [4.78, 5) is 5.16. The smallest absolute Gasteiger partial charge is 0.122 e. The largest absolute Gasteiger partial charge is 0.508 e. The van der Waals surface area contributed by atoms with E-state index < -0.39 is 5.60 Å². The fourth-order valence-corrected chi connectivity index (χ4v) is 7.32. The molecule has 4 aliphatic rings. The van der Waals surface area contributed by atoms with E-state index in [2.05, 4.69) is 28.0 Å². The number of hydrogen-bond donors (Lipinski definition) is 2. The summed E-state index contributed by atoms with van der Waals surface area (Å²) < 4.78 is 5.57. The Labute approximate surface area is 203 Å². The van der Waals surface area contributed by atoms with Crippen LogP contribution in [0.1, 0.15) is 48.8 Å². The topological polar surface area (TPSA) is 56.2 Å². The molecule has 5 heteroatoms. The number of piperidine rings is 1. The average molecular weight is 463 g/mol. The zero-order valence-corrected chi connectivity index (χ0v) is 20.4. The molecule has 2 bridgehead atoms. The SMILES string of the molecule is COc1ccccc1CCN1CC[C@]23CCN(CC4CC4)[C@H](Cc4ccc(O)cc42)[C@]3(O)CC1. The minimum atomic E-state index is -0.750. The van der Waals surface area contributed by atoms with Gasteiger partial charge in [-0.3, -0.25) is 4.90 Å². The number of methoxy groups -OCH3 is 1. The van der Waals surface area contributed by atoms with E-state index in [1.807, 2.05) is 24.3 Å². The van der Waals surface area contributed by atoms with Crippen LogP contribution in [0.4, 0.5) is 0 Å². The van der Waals surface area contributed by atoms with Gasteiger partial charge in [-0.05, 0) is 98.8 Å². The Morgan fingerprint density at radius 3 is 2.65 bits per heavy atom. The lowest BCUT2D eigenvalue weighted by molar-refractivity contribution is -0.149. The molecule has 0 unspecified atom stereocenters. The highest BCUT2D eigenvalue weighted by Gasteiger charge is 2.63. The van der Waals surface area contributed by atoms with Crippen molar-refractivity contribution in [2.45, 2.75) is 62.0 Å². The van der Waals surface area contributed by atoms with Crippen molar-refractivity contribution >= 4 is 0 Å². The summed E-state index contributed by atoms with van der Waals surface area (Å²) in [5.74, 6) is 2.10. The van der Waals surface area contributed by atoms with Gasteiger partial charge in [0.25, 0.3) is 0 Å². The molecule has 2 aliphatic carbocycles. The number of phenols is 1. The van der Waals surface area contributed by atoms with Crippen molar-refractivity contribution in [2.75, 3.05) is 39.8 Å². The molecule has 6 rings (SSSR count). The maximum atomic E-state index is 12.6. The Bertz CT molecular complexity index is 1050. The van der Waals surface area contributed by atoms with Gasteiger partial charge in [-0.2, -0.15) is 0 Å². The van der Waals surface area contributed by atoms with Crippen molar-refractivity contribution in [3.05, 3.63) is 59.2 Å². The van der Waals surface area contributed by atoms with Gasteiger partial charge in [0.05, 0.1) is 12.7 Å². The first-order valence-corrected chi connectivity index (χ1v) is 13.2. The maximum Gasteiger partial charge on any atom is 0.122 e. The first-order valence-electron chi connectivity index (χ1n) is 13.2. The van der Waals surface area contributed by atoms with E-state index in [-0.39, 0.29) is 11.5 Å². The van der Waals surface area contributed by atoms with E-state index >= 15 is 0 Å². The number of aliphatic hydroxyl groups is 1. The Kier molecular flexibility index (Phi) is 5.63. The number of para-hydroxylation sites is 1. The average Bonchev–Trinajstić information content (AvgIpc) is 3.67. The quantitative estimate of drug-likeness (QED) is 0.685. The number of likely N-dealkylation sites (tertiary alicyclic amines) is 2. The molecule has 3 fully saturated rings. The molecule has 1 saturated carbocycles. The minimum absolute atomic E-state index is 0.174. The highest BCUT2D eigenvalue weighted by Crippen LogP contribution is 2.56. The lowest BCUT2D eigenvalue weighted by Crippen LogP contribution is -2.71. The van der Waals surface area contributed by atoms with Crippen molar-refractivity contribution in [1.29, 1.82) is 0 Å². The van der Waals surface area contributed by atoms with Gasteiger partial charge < -0.3 is 19.8 Å². The maximum absolute atomic E-state index is 12.6. The molecule has 2 aromatic rings. The Morgan fingerprint density at radius 1 is 1.03 bits per heavy atom. The number of fused-ring (bicyclic) bond motifs is 1. The second kappa shape index (κ2) is 8.54. The summed E-state index contributed by atoms with van der Waals surface area (Å²) in [6.07, 6.45) is 7.23. The number of aromatic hydroxyl groups is 1. The predicted molar refractivity (Wildman–Crippen MR) is 134 cm³/mol. The van der Waals surface area contributed by atoms with Crippen molar-refractivity contribution in [2.24, 2.45) is 5.92 Å². The van der Waals surface area contributed by atoms with Crippen molar-refractivity contribution in [1.82, 2.24) is 9.80 Å². The predicted octanol–water partition coefficient (Wildman–Crippen LogP) is 3.75. The standard InChI is InChI=1S/C29H38N2O3/c1-34-26-5-3-2-4-22(26)10-14-30-15-11-28-12-17-31(20-21-6-7-21)27(29(28,33)13-16-30)18-23-8-9-24(32)19-25(23)28/h2-5,8-9,19,21,27,32-33H,6-7,10-18,20H2,1H3/t27-,28+,29-/m1/s1. The van der Waals surface area contributed by atoms with E-state index in [0.717, 1.165) is 76.5 Å². The van der Waals surface area contributed by atoms with E-state index in [0.29, 0.717) is 5.75 Å². The van der Waals surface area contributed by atoms with E-state index in [1.54, 1.807) is 7.11 Å². The molecule has 3 atom stereocenters. The molecular formula is C29H38N2O3. The molecule has 0 spiro atoms. The normalized spacial score (nSPS) is 31.4. The molecule has 2 N–H and O–H groups in total. The number of rotatable bonds is 6. The Balaban J connectivity index is 1.29. The molecule has 2 aliphatic heterocycles. The summed E-state index contributed by atoms with van der Waals surface area (Å²) in [5, 5.41) is 23.0. The van der Waals surface area contributed by atoms with Gasteiger partial charge in [-0.25, -0.2) is 0 Å². The van der Waals surface area contributed by atoms with E-state index in [1.165, 1.54) is 29.5 Å². The van der Waals surface area contributed by atoms with Crippen LogP contribution in [0, 0.1) is 5.92 Å². The van der Waals surface area contributed by atoms with E-state index in [4.69, 9.17) is 4.74 Å². The zero-order valence-electron chi connectivity index (χ0n) is 20.4. The number of phenolic OH excluding ortho intramolecular Hbond substituents is 1. The second-order valence-corrected chi connectivity index (χ2v) is 11.2. The highest BCUT2D eigenvalue weighted by atomic mass is 16.5. The molecule has 34 heavy (non-hydrogen) atoms. The third-order valence-electron chi connectivity index (χ3n) is 9.41. The summed E-state index contributed by atoms with van der Waals surface area (Å²) in [7, 11) is 1.74. The zero-order chi connectivity index (χ0) is 23.3. The Morgan fingerprint density at radius 2 is 1.82 bits per heavy atom. The summed E-state index contributed by atoms with van der Waals surface area (Å²) in [5.41, 5.74) is 2.76. The number of nitrogens with zero attached hydrogens (tertiary/aromatic N) is 2. The van der Waals surface area contributed by atoms with Crippen LogP contribution >= 0.6 is 0 Å². The number of benzene rings is 2. The minimum Gasteiger partial charge on any atom is -0.508 e. The molecule has 0 radical (unpaired) electrons. The fraction of sp³-hybridized carbons (Fsp3) is 0.586. The summed E-state index contributed by atoms with van der Waals surface area (Å²) in [6.45, 7) is 5.04. The van der Waals surface area contributed by atoms with Crippen LogP contribution < -0.4 is 4.74 Å². The van der Waals surface area contributed by atoms with Gasteiger partial charge in [0, 0.05) is 31.1 Å². The lowest BCUT2D eigenvalue weighted by Gasteiger charge is -2.61. The molecule has 2 heterocycles. The van der Waals surface area contributed by atoms with Crippen molar-refractivity contribution in [3.63, 3.8) is 0 Å². The van der Waals surface area contributed by atoms with Crippen LogP contribution in [0.5, 0.6) is 11.5 Å². The van der Waals surface area contributed by atoms with Gasteiger partial charge in [0.2, 0.25) is 0 Å². The molecule has 182 valence electrons. The van der Waals surface area contributed by atoms with Crippen LogP contribution in [-0.4, -0.2) is 71.5 Å². The third-order valence-corrected chi connectivity index (χ3v) is 9.41. The van der Waals surface area contributed by atoms with Crippen molar-refractivity contribution < 1.29 is 14.9 Å². The van der Waals surface area contributed by atoms with Crippen LogP contribution in [0.2, 0.25) is 0 Å². The fourth-order valence-electron chi connectivity index (χ4n) is 7.32. The molecular weight excluding hydrogens is 424 g/mol. The number of ether oxygens (including phenoxy) is 1. The molecule has 0 amide bonds. The monoisotopic (exact) mass is 462 g/mol. The van der Waals surface area contributed by atoms with Crippen LogP contribution in [0.25, 0.3) is 0 Å². The van der Waals surface area contributed by atoms with Gasteiger partial charge >= 0.3 is 0 Å². The van der Waals surface area contributed by atoms with Crippen molar-refractivity contribution in [3.8, 4) is 11.5 Å². The van der Waals surface area contributed by atoms with Crippen LogP contribution in [0.15, 0.2) is 42.5 Å². The summed E-state index contributed by atoms with van der Waals surface area (Å²) in [6, 6.07) is 14.4. The highest BCUT2D eigenvalue weighted by molar-refractivity contribution is 5.48. The Hall–Kier alpha value is -2.08. The first-order chi connectivity index (χ1) is 16.5. The summed E-state index contributed by atoms with van der Waals surface area (Å²) >= 11 is 0. The number of hydrogen-bond acceptors (Lipinski definition) is 5. The van der Waals surface area contributed by atoms with Gasteiger partial charge in [-0.15, -0.1) is 0 Å². The molecule has 2 saturated heterocycles. The van der Waals surface area contributed by atoms with Crippen LogP contribution in [-0.2, 0) is 18.3 Å². The van der Waals surface area contributed by atoms with E-state index in [9.17, 15) is 10.2 Å². The second-order valence-electron chi connectivity index (χ2n) is 11.2. The third kappa shape index (κ3) is 3.64. The van der Waals surface area contributed by atoms with Gasteiger partial charge in [0.15, 0.2) is 0 Å². The molecule has 2 aromatic carbocycles. The lowest BCUT2D eigenvalue weighted by atomic mass is 9.52. The molecule has 0 aromatic heterocycles. The van der Waals surface area contributed by atoms with Crippen LogP contribution in [0.3, 0.4) is 0 Å². The van der Waals surface area contributed by atoms with Gasteiger partial charge in [0.1, 0.15) is 11.5 Å². The first kappa shape index (κ1) is 22.4. The van der Waals surface area contributed by atoms with Gasteiger partial charge in [-0.1, -0.05) is 24.3 Å².